The van der Waals surface area contributed by atoms with Crippen LogP contribution < -0.4 is 10.6 Å². The maximum atomic E-state index is 12.1. The number of thiazole rings is 1. The molecule has 2 rings (SSSR count). The maximum absolute atomic E-state index is 12.1. The van der Waals surface area contributed by atoms with Crippen LogP contribution >= 0.6 is 11.3 Å². The van der Waals surface area contributed by atoms with Crippen LogP contribution in [-0.4, -0.2) is 51.4 Å². The Balaban J connectivity index is 1.83. The number of hydrogen-bond acceptors (Lipinski definition) is 5. The minimum Gasteiger partial charge on any atom is -0.356 e. The highest BCUT2D eigenvalue weighted by Crippen LogP contribution is 2.14. The third-order valence-corrected chi connectivity index (χ3v) is 7.00. The molecular weight excluding hydrogens is 382 g/mol. The van der Waals surface area contributed by atoms with Crippen LogP contribution in [0.15, 0.2) is 40.4 Å². The largest absolute Gasteiger partial charge is 0.356 e. The standard InChI is InChI=1S/C18H27N5O2S2/c1-5-15-13-21-17(26-15)10-11-20-18(19-2)22-12-14-6-8-16(9-7-14)27(24,25)23(3)4/h6-9,13H,5,10-12H2,1-4H3,(H2,19,20,22). The first-order valence-electron chi connectivity index (χ1n) is 8.76. The van der Waals surface area contributed by atoms with Gasteiger partial charge in [0.2, 0.25) is 10.0 Å². The van der Waals surface area contributed by atoms with E-state index in [0.29, 0.717) is 12.5 Å². The molecule has 0 saturated heterocycles. The van der Waals surface area contributed by atoms with Crippen LogP contribution in [0.5, 0.6) is 0 Å². The Hall–Kier alpha value is -1.97. The summed E-state index contributed by atoms with van der Waals surface area (Å²) >= 11 is 1.74. The summed E-state index contributed by atoms with van der Waals surface area (Å²) in [6.45, 7) is 3.43. The van der Waals surface area contributed by atoms with Gasteiger partial charge in [0, 0.05) is 51.7 Å². The normalized spacial score (nSPS) is 12.4. The predicted octanol–water partition coefficient (Wildman–Crippen LogP) is 1.86. The zero-order valence-electron chi connectivity index (χ0n) is 16.2. The van der Waals surface area contributed by atoms with Gasteiger partial charge in [-0.1, -0.05) is 19.1 Å². The molecule has 148 valence electrons. The van der Waals surface area contributed by atoms with Gasteiger partial charge in [-0.2, -0.15) is 0 Å². The highest BCUT2D eigenvalue weighted by atomic mass is 32.2. The number of aryl methyl sites for hydroxylation is 1. The lowest BCUT2D eigenvalue weighted by molar-refractivity contribution is 0.520. The van der Waals surface area contributed by atoms with Gasteiger partial charge in [-0.25, -0.2) is 17.7 Å². The molecule has 0 saturated carbocycles. The summed E-state index contributed by atoms with van der Waals surface area (Å²) in [5, 5.41) is 7.62. The van der Waals surface area contributed by atoms with E-state index in [-0.39, 0.29) is 4.90 Å². The predicted molar refractivity (Wildman–Crippen MR) is 111 cm³/mol. The Morgan fingerprint density at radius 3 is 2.48 bits per heavy atom. The summed E-state index contributed by atoms with van der Waals surface area (Å²) in [5.74, 6) is 0.701. The molecule has 2 aromatic rings. The van der Waals surface area contributed by atoms with Crippen LogP contribution in [0.2, 0.25) is 0 Å². The third kappa shape index (κ3) is 6.02. The summed E-state index contributed by atoms with van der Waals surface area (Å²) in [6.07, 6.45) is 3.80. The highest BCUT2D eigenvalue weighted by molar-refractivity contribution is 7.89. The van der Waals surface area contributed by atoms with Crippen molar-refractivity contribution >= 4 is 27.3 Å². The Kier molecular flexibility index (Phi) is 7.76. The van der Waals surface area contributed by atoms with Gasteiger partial charge in [-0.05, 0) is 24.1 Å². The zero-order chi connectivity index (χ0) is 19.9. The SMILES string of the molecule is CCc1cnc(CCNC(=NC)NCc2ccc(S(=O)(=O)N(C)C)cc2)s1. The van der Waals surface area contributed by atoms with Crippen molar-refractivity contribution in [1.29, 1.82) is 0 Å². The lowest BCUT2D eigenvalue weighted by Gasteiger charge is -2.13. The van der Waals surface area contributed by atoms with E-state index >= 15 is 0 Å². The van der Waals surface area contributed by atoms with E-state index in [4.69, 9.17) is 0 Å². The smallest absolute Gasteiger partial charge is 0.242 e. The van der Waals surface area contributed by atoms with Gasteiger partial charge in [0.25, 0.3) is 0 Å². The average molecular weight is 410 g/mol. The molecule has 0 unspecified atom stereocenters. The van der Waals surface area contributed by atoms with Crippen molar-refractivity contribution in [3.63, 3.8) is 0 Å². The van der Waals surface area contributed by atoms with E-state index in [1.54, 1.807) is 42.6 Å². The van der Waals surface area contributed by atoms with Crippen molar-refractivity contribution < 1.29 is 8.42 Å². The first-order valence-corrected chi connectivity index (χ1v) is 11.0. The van der Waals surface area contributed by atoms with Crippen molar-refractivity contribution in [3.05, 3.63) is 45.9 Å². The first-order chi connectivity index (χ1) is 12.9. The molecule has 0 aliphatic rings. The molecule has 0 amide bonds. The van der Waals surface area contributed by atoms with Gasteiger partial charge in [0.1, 0.15) is 0 Å². The molecule has 2 N–H and O–H groups in total. The van der Waals surface area contributed by atoms with E-state index in [2.05, 4.69) is 27.5 Å². The lowest BCUT2D eigenvalue weighted by Crippen LogP contribution is -2.37. The number of sulfonamides is 1. The van der Waals surface area contributed by atoms with E-state index in [9.17, 15) is 8.42 Å². The van der Waals surface area contributed by atoms with Crippen LogP contribution in [0, 0.1) is 0 Å². The molecule has 7 nitrogen and oxygen atoms in total. The van der Waals surface area contributed by atoms with Crippen LogP contribution in [0.1, 0.15) is 22.4 Å². The molecule has 1 heterocycles. The van der Waals surface area contributed by atoms with Gasteiger partial charge < -0.3 is 10.6 Å². The van der Waals surface area contributed by atoms with E-state index in [1.165, 1.54) is 23.3 Å². The van der Waals surface area contributed by atoms with Crippen LogP contribution in [0.4, 0.5) is 0 Å². The molecule has 0 aliphatic carbocycles. The molecule has 0 spiro atoms. The summed E-state index contributed by atoms with van der Waals surface area (Å²) in [6, 6.07) is 6.85. The van der Waals surface area contributed by atoms with Gasteiger partial charge in [-0.15, -0.1) is 11.3 Å². The zero-order valence-corrected chi connectivity index (χ0v) is 17.8. The second-order valence-electron chi connectivity index (χ2n) is 6.11. The number of aliphatic imine (C=N–C) groups is 1. The second kappa shape index (κ2) is 9.82. The van der Waals surface area contributed by atoms with Crippen molar-refractivity contribution in [2.45, 2.75) is 31.2 Å². The molecule has 27 heavy (non-hydrogen) atoms. The number of nitrogens with one attached hydrogen (secondary N) is 2. The second-order valence-corrected chi connectivity index (χ2v) is 9.46. The van der Waals surface area contributed by atoms with Gasteiger partial charge in [-0.3, -0.25) is 4.99 Å². The number of aromatic nitrogens is 1. The van der Waals surface area contributed by atoms with Crippen molar-refractivity contribution in [1.82, 2.24) is 19.9 Å². The maximum Gasteiger partial charge on any atom is 0.242 e. The minimum absolute atomic E-state index is 0.286. The summed E-state index contributed by atoms with van der Waals surface area (Å²) in [7, 11) is 1.37. The summed E-state index contributed by atoms with van der Waals surface area (Å²) in [5.41, 5.74) is 0.975. The van der Waals surface area contributed by atoms with Crippen molar-refractivity contribution in [3.8, 4) is 0 Å². The monoisotopic (exact) mass is 409 g/mol. The molecule has 0 radical (unpaired) electrons. The number of hydrogen-bond donors (Lipinski definition) is 2. The minimum atomic E-state index is -3.40. The van der Waals surface area contributed by atoms with E-state index in [0.717, 1.165) is 30.0 Å². The van der Waals surface area contributed by atoms with E-state index in [1.807, 2.05) is 6.20 Å². The molecule has 1 aromatic carbocycles. The molecule has 1 aromatic heterocycles. The van der Waals surface area contributed by atoms with Crippen LogP contribution in [0.3, 0.4) is 0 Å². The summed E-state index contributed by atoms with van der Waals surface area (Å²) < 4.78 is 25.4. The lowest BCUT2D eigenvalue weighted by atomic mass is 10.2. The molecular formula is C18H27N5O2S2. The average Bonchev–Trinajstić information content (AvgIpc) is 3.12. The van der Waals surface area contributed by atoms with E-state index < -0.39 is 10.0 Å². The van der Waals surface area contributed by atoms with Gasteiger partial charge in [0.05, 0.1) is 9.90 Å². The molecule has 0 bridgehead atoms. The Bertz CT molecular complexity index is 858. The molecule has 0 fully saturated rings. The quantitative estimate of drug-likeness (QED) is 0.513. The van der Waals surface area contributed by atoms with Crippen LogP contribution in [0.25, 0.3) is 0 Å². The van der Waals surface area contributed by atoms with Gasteiger partial charge >= 0.3 is 0 Å². The first kappa shape index (κ1) is 21.3. The van der Waals surface area contributed by atoms with Crippen LogP contribution in [-0.2, 0) is 29.4 Å². The molecule has 0 atom stereocenters. The summed E-state index contributed by atoms with van der Waals surface area (Å²) in [4.78, 5) is 10.2. The number of guanidine groups is 1. The number of rotatable bonds is 8. The number of nitrogens with zero attached hydrogens (tertiary/aromatic N) is 3. The molecule has 9 heteroatoms. The highest BCUT2D eigenvalue weighted by Gasteiger charge is 2.16. The van der Waals surface area contributed by atoms with Crippen molar-refractivity contribution in [2.75, 3.05) is 27.7 Å². The fourth-order valence-corrected chi connectivity index (χ4v) is 4.07. The van der Waals surface area contributed by atoms with Gasteiger partial charge in [0.15, 0.2) is 5.96 Å². The fourth-order valence-electron chi connectivity index (χ4n) is 2.31. The third-order valence-electron chi connectivity index (χ3n) is 3.97. The Labute approximate surface area is 165 Å². The fraction of sp³-hybridized carbons (Fsp3) is 0.444. The Morgan fingerprint density at radius 1 is 1.22 bits per heavy atom. The Morgan fingerprint density at radius 2 is 1.93 bits per heavy atom. The number of benzene rings is 1. The molecule has 0 aliphatic heterocycles. The topological polar surface area (TPSA) is 86.7 Å². The van der Waals surface area contributed by atoms with Crippen molar-refractivity contribution in [2.24, 2.45) is 4.99 Å².